The van der Waals surface area contributed by atoms with Crippen LogP contribution < -0.4 is 10.5 Å². The van der Waals surface area contributed by atoms with Gasteiger partial charge in [-0.3, -0.25) is 4.98 Å². The summed E-state index contributed by atoms with van der Waals surface area (Å²) in [6.07, 6.45) is 5.18. The Labute approximate surface area is 185 Å². The molecule has 7 nitrogen and oxygen atoms in total. The van der Waals surface area contributed by atoms with Crippen molar-refractivity contribution in [2.75, 3.05) is 5.73 Å². The molecule has 7 heteroatoms. The van der Waals surface area contributed by atoms with Gasteiger partial charge in [0, 0.05) is 18.3 Å². The van der Waals surface area contributed by atoms with Gasteiger partial charge in [-0.05, 0) is 42.8 Å². The van der Waals surface area contributed by atoms with Crippen LogP contribution in [-0.4, -0.2) is 24.5 Å². The van der Waals surface area contributed by atoms with Gasteiger partial charge in [-0.2, -0.15) is 0 Å². The molecule has 0 bridgehead atoms. The third kappa shape index (κ3) is 3.76. The van der Waals surface area contributed by atoms with Gasteiger partial charge < -0.3 is 15.0 Å². The Balaban J connectivity index is 1.44. The summed E-state index contributed by atoms with van der Waals surface area (Å²) in [4.78, 5) is 18.1. The van der Waals surface area contributed by atoms with Gasteiger partial charge in [0.1, 0.15) is 23.6 Å². The first kappa shape index (κ1) is 19.7. The van der Waals surface area contributed by atoms with Crippen molar-refractivity contribution in [3.63, 3.8) is 0 Å². The number of benzene rings is 2. The molecule has 0 amide bonds. The highest BCUT2D eigenvalue weighted by Gasteiger charge is 2.17. The van der Waals surface area contributed by atoms with Crippen LogP contribution in [0.25, 0.3) is 33.8 Å². The minimum absolute atomic E-state index is 0.342. The first-order valence-electron chi connectivity index (χ1n) is 10.4. The molecule has 0 aliphatic rings. The zero-order chi connectivity index (χ0) is 21.9. The van der Waals surface area contributed by atoms with E-state index in [1.807, 2.05) is 60.7 Å². The summed E-state index contributed by atoms with van der Waals surface area (Å²) >= 11 is 0. The van der Waals surface area contributed by atoms with Crippen LogP contribution in [0.1, 0.15) is 12.5 Å². The monoisotopic (exact) mass is 422 g/mol. The molecule has 32 heavy (non-hydrogen) atoms. The van der Waals surface area contributed by atoms with Crippen LogP contribution >= 0.6 is 0 Å². The van der Waals surface area contributed by atoms with E-state index in [4.69, 9.17) is 20.4 Å². The Hall–Kier alpha value is -4.26. The molecule has 158 valence electrons. The summed E-state index contributed by atoms with van der Waals surface area (Å²) in [5.41, 5.74) is 11.3. The van der Waals surface area contributed by atoms with E-state index >= 15 is 0 Å². The van der Waals surface area contributed by atoms with Gasteiger partial charge in [0.05, 0.1) is 23.6 Å². The van der Waals surface area contributed by atoms with Crippen molar-refractivity contribution in [1.29, 1.82) is 0 Å². The maximum Gasteiger partial charge on any atom is 0.163 e. The number of nitrogens with zero attached hydrogens (tertiary/aromatic N) is 5. The molecule has 0 aliphatic carbocycles. The highest BCUT2D eigenvalue weighted by molar-refractivity contribution is 5.81. The normalized spacial score (nSPS) is 11.0. The van der Waals surface area contributed by atoms with Gasteiger partial charge in [0.25, 0.3) is 0 Å². The molecule has 0 spiro atoms. The number of nitrogens with two attached hydrogens (primary N) is 1. The molecule has 2 N–H and O–H groups in total. The molecule has 0 atom stereocenters. The van der Waals surface area contributed by atoms with Crippen LogP contribution in [0.5, 0.6) is 5.75 Å². The Morgan fingerprint density at radius 1 is 0.938 bits per heavy atom. The highest BCUT2D eigenvalue weighted by Crippen LogP contribution is 2.29. The number of rotatable bonds is 6. The van der Waals surface area contributed by atoms with Crippen LogP contribution in [0.4, 0.5) is 5.82 Å². The molecule has 2 aromatic carbocycles. The van der Waals surface area contributed by atoms with E-state index in [9.17, 15) is 0 Å². The smallest absolute Gasteiger partial charge is 0.163 e. The molecule has 0 unspecified atom stereocenters. The summed E-state index contributed by atoms with van der Waals surface area (Å²) in [5.74, 6) is 1.82. The number of fused-ring (bicyclic) bond motifs is 1. The van der Waals surface area contributed by atoms with Crippen LogP contribution in [0.2, 0.25) is 0 Å². The van der Waals surface area contributed by atoms with Gasteiger partial charge in [-0.15, -0.1) is 0 Å². The van der Waals surface area contributed by atoms with E-state index < -0.39 is 0 Å². The largest absolute Gasteiger partial charge is 0.489 e. The number of ether oxygens (including phenoxy) is 1. The molecular formula is C25H22N6O. The topological polar surface area (TPSA) is 91.7 Å². The highest BCUT2D eigenvalue weighted by atomic mass is 16.5. The lowest BCUT2D eigenvalue weighted by atomic mass is 10.1. The average Bonchev–Trinajstić information content (AvgIpc) is 3.22. The van der Waals surface area contributed by atoms with Crippen molar-refractivity contribution in [3.05, 3.63) is 84.8 Å². The minimum atomic E-state index is 0.342. The maximum absolute atomic E-state index is 6.20. The lowest BCUT2D eigenvalue weighted by molar-refractivity contribution is 0.306. The Bertz CT molecular complexity index is 1360. The fourth-order valence-corrected chi connectivity index (χ4v) is 3.65. The summed E-state index contributed by atoms with van der Waals surface area (Å²) in [7, 11) is 0. The van der Waals surface area contributed by atoms with Crippen molar-refractivity contribution in [2.45, 2.75) is 20.1 Å². The number of aromatic nitrogens is 5. The predicted molar refractivity (Wildman–Crippen MR) is 125 cm³/mol. The molecule has 0 fully saturated rings. The van der Waals surface area contributed by atoms with Crippen molar-refractivity contribution in [3.8, 4) is 28.5 Å². The minimum Gasteiger partial charge on any atom is -0.489 e. The second-order valence-electron chi connectivity index (χ2n) is 7.33. The molecule has 5 aromatic rings. The Morgan fingerprint density at radius 2 is 1.75 bits per heavy atom. The van der Waals surface area contributed by atoms with E-state index in [0.717, 1.165) is 40.1 Å². The maximum atomic E-state index is 6.20. The molecule has 0 saturated carbocycles. The second kappa shape index (κ2) is 8.47. The number of nitrogen functional groups attached to an aromatic ring is 1. The molecule has 3 heterocycles. The fraction of sp³-hybridized carbons (Fsp3) is 0.120. The van der Waals surface area contributed by atoms with Crippen molar-refractivity contribution < 1.29 is 4.74 Å². The summed E-state index contributed by atoms with van der Waals surface area (Å²) in [6.45, 7) is 3.31. The third-order valence-corrected chi connectivity index (χ3v) is 5.28. The molecule has 0 radical (unpaired) electrons. The van der Waals surface area contributed by atoms with Crippen molar-refractivity contribution in [2.24, 2.45) is 0 Å². The third-order valence-electron chi connectivity index (χ3n) is 5.28. The van der Waals surface area contributed by atoms with Crippen LogP contribution in [0.3, 0.4) is 0 Å². The number of hydrogen-bond acceptors (Lipinski definition) is 6. The average molecular weight is 422 g/mol. The van der Waals surface area contributed by atoms with E-state index in [0.29, 0.717) is 23.9 Å². The molecule has 0 saturated heterocycles. The van der Waals surface area contributed by atoms with E-state index in [2.05, 4.69) is 21.5 Å². The lowest BCUT2D eigenvalue weighted by Crippen LogP contribution is -2.04. The predicted octanol–water partition coefficient (Wildman–Crippen LogP) is 4.74. The lowest BCUT2D eigenvalue weighted by Gasteiger charge is -2.10. The zero-order valence-electron chi connectivity index (χ0n) is 17.6. The first-order valence-corrected chi connectivity index (χ1v) is 10.4. The van der Waals surface area contributed by atoms with Crippen LogP contribution in [-0.2, 0) is 13.2 Å². The van der Waals surface area contributed by atoms with Gasteiger partial charge in [-0.25, -0.2) is 15.0 Å². The van der Waals surface area contributed by atoms with E-state index in [1.165, 1.54) is 0 Å². The fourth-order valence-electron chi connectivity index (χ4n) is 3.65. The van der Waals surface area contributed by atoms with Gasteiger partial charge in [-0.1, -0.05) is 30.3 Å². The first-order chi connectivity index (χ1) is 15.7. The SMILES string of the molecule is CCn1c(-c2nc(-c3ccc(OCc4ccccc4)cc3)cnc2N)nc2cnccc21. The Morgan fingerprint density at radius 3 is 2.53 bits per heavy atom. The summed E-state index contributed by atoms with van der Waals surface area (Å²) in [5, 5.41) is 0. The molecular weight excluding hydrogens is 400 g/mol. The molecule has 3 aromatic heterocycles. The summed E-state index contributed by atoms with van der Waals surface area (Å²) < 4.78 is 7.95. The molecule has 5 rings (SSSR count). The van der Waals surface area contributed by atoms with E-state index in [1.54, 1.807) is 18.6 Å². The zero-order valence-corrected chi connectivity index (χ0v) is 17.6. The summed E-state index contributed by atoms with van der Waals surface area (Å²) in [6, 6.07) is 19.8. The second-order valence-corrected chi connectivity index (χ2v) is 7.33. The standard InChI is InChI=1S/C25H22N6O/c1-2-31-22-12-13-27-14-21(22)30-25(31)23-24(26)28-15-20(29-23)18-8-10-19(11-9-18)32-16-17-6-4-3-5-7-17/h3-15H,2,16H2,1H3,(H2,26,28). The van der Waals surface area contributed by atoms with Gasteiger partial charge >= 0.3 is 0 Å². The quantitative estimate of drug-likeness (QED) is 0.425. The van der Waals surface area contributed by atoms with Gasteiger partial charge in [0.2, 0.25) is 0 Å². The number of aryl methyl sites for hydroxylation is 1. The van der Waals surface area contributed by atoms with Crippen LogP contribution in [0, 0.1) is 0 Å². The number of anilines is 1. The van der Waals surface area contributed by atoms with Crippen molar-refractivity contribution in [1.82, 2.24) is 24.5 Å². The molecule has 0 aliphatic heterocycles. The van der Waals surface area contributed by atoms with Gasteiger partial charge in [0.15, 0.2) is 11.6 Å². The Kier molecular flexibility index (Phi) is 5.21. The number of imidazole rings is 1. The van der Waals surface area contributed by atoms with E-state index in [-0.39, 0.29) is 0 Å². The number of pyridine rings is 1. The number of hydrogen-bond donors (Lipinski definition) is 1. The van der Waals surface area contributed by atoms with Crippen LogP contribution in [0.15, 0.2) is 79.3 Å². The van der Waals surface area contributed by atoms with Crippen molar-refractivity contribution >= 4 is 16.9 Å².